The van der Waals surface area contributed by atoms with Crippen LogP contribution in [0.5, 0.6) is 0 Å². The lowest BCUT2D eigenvalue weighted by Crippen LogP contribution is -2.54. The third kappa shape index (κ3) is 55.9. The number of amides is 5. The van der Waals surface area contributed by atoms with Gasteiger partial charge in [0.25, 0.3) is 0 Å². The summed E-state index contributed by atoms with van der Waals surface area (Å²) < 4.78 is 57.1. The van der Waals surface area contributed by atoms with Gasteiger partial charge in [-0.2, -0.15) is 0 Å². The monoisotopic (exact) mass is 1690 g/mol. The molecule has 0 bridgehead atoms. The van der Waals surface area contributed by atoms with Crippen LogP contribution in [0, 0.1) is 0 Å². The fraction of sp³-hybridized carbons (Fsp3) is 0.778. The quantitative estimate of drug-likeness (QED) is 0.0230. The van der Waals surface area contributed by atoms with E-state index in [1.165, 1.54) is 0 Å². The molecule has 0 unspecified atom stereocenters. The first kappa shape index (κ1) is 109. The van der Waals surface area contributed by atoms with E-state index in [1.807, 2.05) is 30.3 Å². The molecule has 0 aliphatic rings. The number of alkyl carbamates (subject to hydrolysis) is 1. The summed E-state index contributed by atoms with van der Waals surface area (Å²) in [6, 6.07) is 9.10. The van der Waals surface area contributed by atoms with Crippen molar-refractivity contribution in [3.05, 3.63) is 35.9 Å². The lowest BCUT2D eigenvalue weighted by Gasteiger charge is -2.39. The number of unbranched alkanes of at least 4 members (excludes halogenated alkanes) is 2. The molecule has 1 rings (SSSR count). The van der Waals surface area contributed by atoms with Crippen LogP contribution in [0.15, 0.2) is 30.3 Å². The fourth-order valence-electron chi connectivity index (χ4n) is 12.9. The zero-order valence-electron chi connectivity index (χ0n) is 77.4. The second kappa shape index (κ2) is 47.7. The van der Waals surface area contributed by atoms with E-state index in [0.29, 0.717) is 12.8 Å². The molecule has 5 N–H and O–H groups in total. The molecule has 0 heterocycles. The summed E-state index contributed by atoms with van der Waals surface area (Å²) in [4.78, 5) is 199. The van der Waals surface area contributed by atoms with Crippen molar-refractivity contribution in [3.8, 4) is 0 Å². The molecule has 0 spiro atoms. The number of carbonyl (C=O) groups is 14. The summed E-state index contributed by atoms with van der Waals surface area (Å²) in [6.45, 7) is 45.6. The van der Waals surface area contributed by atoms with Crippen LogP contribution in [0.2, 0.25) is 0 Å². The van der Waals surface area contributed by atoms with Crippen molar-refractivity contribution < 1.29 is 114 Å². The van der Waals surface area contributed by atoms with Crippen molar-refractivity contribution in [2.45, 2.75) is 446 Å². The molecule has 0 saturated carbocycles. The van der Waals surface area contributed by atoms with Crippen molar-refractivity contribution in [3.63, 3.8) is 0 Å². The molecule has 0 radical (unpaired) electrons. The minimum atomic E-state index is -1.79. The average molecular weight is 1690 g/mol. The number of esters is 9. The Hall–Kier alpha value is -8.40. The van der Waals surface area contributed by atoms with Crippen molar-refractivity contribution in [2.75, 3.05) is 6.54 Å². The Morgan fingerprint density at radius 1 is 0.235 bits per heavy atom. The largest absolute Gasteiger partial charge is 0.460 e. The molecule has 0 aliphatic carbocycles. The summed E-state index contributed by atoms with van der Waals surface area (Å²) >= 11 is 0. The highest BCUT2D eigenvalue weighted by Gasteiger charge is 2.43. The molecule has 0 aromatic heterocycles. The van der Waals surface area contributed by atoms with Gasteiger partial charge in [0.15, 0.2) is 0 Å². The topological polar surface area (TPSA) is 391 Å². The molecule has 680 valence electrons. The maximum absolute atomic E-state index is 15.6. The minimum absolute atomic E-state index is 0.0328. The van der Waals surface area contributed by atoms with E-state index in [9.17, 15) is 47.9 Å². The molecule has 0 fully saturated rings. The Morgan fingerprint density at radius 2 is 0.420 bits per heavy atom. The molecule has 0 saturated heterocycles. The number of rotatable bonds is 48. The highest BCUT2D eigenvalue weighted by Crippen LogP contribution is 2.36. The SMILES string of the molecule is CC(C)(C)OC(=O)CCC(CCC(=O)OC(C)(C)C)(CCC(=O)OC(C)(C)C)NC(=O)CCC(CCC(=O)NC(CCC(=O)OC(C)(C)C)(CCC(=O)OC(C)(C)C)CCC(=O)OC(C)(C)C)(CCC(=O)NC(CCC(=O)OC(C)(C)C)(CCC(=O)OC(C)(C)C)CCC(=O)OC(C)(C)C)NC(=O)CCCCCNC(=O)OCc1ccccc1. The van der Waals surface area contributed by atoms with Crippen molar-refractivity contribution in [1.82, 2.24) is 26.6 Å². The number of hydrogen-bond acceptors (Lipinski definition) is 24. The van der Waals surface area contributed by atoms with E-state index in [4.69, 9.17) is 47.4 Å². The highest BCUT2D eigenvalue weighted by atomic mass is 16.6. The van der Waals surface area contributed by atoms with Gasteiger partial charge in [-0.25, -0.2) is 4.79 Å². The van der Waals surface area contributed by atoms with Gasteiger partial charge in [-0.3, -0.25) is 62.3 Å². The van der Waals surface area contributed by atoms with Gasteiger partial charge in [0.05, 0.1) is 0 Å². The van der Waals surface area contributed by atoms with E-state index in [0.717, 1.165) is 5.56 Å². The predicted octanol–water partition coefficient (Wildman–Crippen LogP) is 15.3. The second-order valence-corrected chi connectivity index (χ2v) is 40.4. The van der Waals surface area contributed by atoms with E-state index in [-0.39, 0.29) is 161 Å². The third-order valence-corrected chi connectivity index (χ3v) is 17.7. The zero-order valence-corrected chi connectivity index (χ0v) is 77.4. The van der Waals surface area contributed by atoms with Gasteiger partial charge < -0.3 is 74.0 Å². The van der Waals surface area contributed by atoms with Crippen LogP contribution in [0.25, 0.3) is 0 Å². The molecule has 5 amide bonds. The highest BCUT2D eigenvalue weighted by molar-refractivity contribution is 5.82. The number of hydrogen-bond donors (Lipinski definition) is 5. The summed E-state index contributed by atoms with van der Waals surface area (Å²) in [5.41, 5.74) is -14.2. The molecule has 1 aromatic carbocycles. The lowest BCUT2D eigenvalue weighted by molar-refractivity contribution is -0.158. The van der Waals surface area contributed by atoms with Gasteiger partial charge in [0.1, 0.15) is 57.0 Å². The third-order valence-electron chi connectivity index (χ3n) is 17.7. The Kier molecular flexibility index (Phi) is 43.5. The zero-order chi connectivity index (χ0) is 91.5. The molecule has 119 heavy (non-hydrogen) atoms. The second-order valence-electron chi connectivity index (χ2n) is 40.4. The summed E-state index contributed by atoms with van der Waals surface area (Å²) in [5, 5.41) is 15.2. The Morgan fingerprint density at radius 3 is 0.613 bits per heavy atom. The number of carbonyl (C=O) groups excluding carboxylic acids is 14. The van der Waals surface area contributed by atoms with Gasteiger partial charge in [0, 0.05) is 112 Å². The molecule has 29 heteroatoms. The van der Waals surface area contributed by atoms with Crippen molar-refractivity contribution >= 4 is 83.4 Å². The standard InChI is InChI=1S/C90H151N5O24/c1-78(2,3)111-68(100)40-52-88(53-41-69(101)112-79(4,5)6,54-42-70(102)113-80(7,8)9)93-65(97)37-49-87(92-64(96)36-32-29-33-61-91-77(109)110-62-63-34-30-28-31-35-63,50-38-66(98)94-89(55-43-71(103)114-81(10,11)12,56-44-72(104)115-82(13,14)15)57-45-73(105)116-83(16,17)18)51-39-67(99)95-90(58-46-74(106)117-84(19,20)21,59-47-75(107)118-85(22,23)24)60-48-76(108)119-86(25,26)27/h28,30-31,34-35H,29,32-33,36-62H2,1-27H3,(H,91,109)(H,92,96)(H,93,97)(H,94,98)(H,95,99). The Labute approximate surface area is 709 Å². The lowest BCUT2D eigenvalue weighted by atomic mass is 9.80. The van der Waals surface area contributed by atoms with Crippen molar-refractivity contribution in [1.29, 1.82) is 0 Å². The summed E-state index contributed by atoms with van der Waals surface area (Å²) in [7, 11) is 0. The van der Waals surface area contributed by atoms with Crippen molar-refractivity contribution in [2.24, 2.45) is 0 Å². The maximum atomic E-state index is 15.6. The summed E-state index contributed by atoms with van der Waals surface area (Å²) in [5.74, 6) is -8.74. The molecule has 1 aromatic rings. The summed E-state index contributed by atoms with van der Waals surface area (Å²) in [6.07, 6.45) is -7.00. The molecule has 0 aliphatic heterocycles. The van der Waals surface area contributed by atoms with Crippen LogP contribution < -0.4 is 26.6 Å². The van der Waals surface area contributed by atoms with Gasteiger partial charge >= 0.3 is 59.8 Å². The molecular weight excluding hydrogens is 1540 g/mol. The van der Waals surface area contributed by atoms with Crippen LogP contribution in [0.3, 0.4) is 0 Å². The first-order chi connectivity index (χ1) is 54.1. The Bertz CT molecular complexity index is 2940. The first-order valence-corrected chi connectivity index (χ1v) is 42.2. The van der Waals surface area contributed by atoms with E-state index in [2.05, 4.69) is 26.6 Å². The van der Waals surface area contributed by atoms with E-state index >= 15 is 19.2 Å². The van der Waals surface area contributed by atoms with E-state index in [1.54, 1.807) is 187 Å². The van der Waals surface area contributed by atoms with Crippen LogP contribution >= 0.6 is 0 Å². The molecule has 29 nitrogen and oxygen atoms in total. The minimum Gasteiger partial charge on any atom is -0.460 e. The number of ether oxygens (including phenoxy) is 10. The first-order valence-electron chi connectivity index (χ1n) is 42.2. The van der Waals surface area contributed by atoms with E-state index < -0.39 is 175 Å². The van der Waals surface area contributed by atoms with Crippen LogP contribution in [-0.4, -0.2) is 163 Å². The maximum Gasteiger partial charge on any atom is 0.407 e. The van der Waals surface area contributed by atoms with Crippen LogP contribution in [-0.2, 0) is 116 Å². The predicted molar refractivity (Wildman–Crippen MR) is 450 cm³/mol. The molecular formula is C90H151N5O24. The number of nitrogens with one attached hydrogen (secondary N) is 5. The van der Waals surface area contributed by atoms with Crippen LogP contribution in [0.1, 0.15) is 372 Å². The average Bonchev–Trinajstić information content (AvgIpc) is 0.832. The van der Waals surface area contributed by atoms with Gasteiger partial charge in [-0.1, -0.05) is 36.8 Å². The number of benzene rings is 1. The molecule has 0 atom stereocenters. The van der Waals surface area contributed by atoms with Gasteiger partial charge in [-0.05, 0) is 282 Å². The van der Waals surface area contributed by atoms with Gasteiger partial charge in [-0.15, -0.1) is 0 Å². The van der Waals surface area contributed by atoms with Gasteiger partial charge in [0.2, 0.25) is 23.6 Å². The van der Waals surface area contributed by atoms with Crippen LogP contribution in [0.4, 0.5) is 4.79 Å². The smallest absolute Gasteiger partial charge is 0.407 e. The fourth-order valence-corrected chi connectivity index (χ4v) is 12.9. The Balaban J connectivity index is 4.78. The normalized spacial score (nSPS) is 12.8.